The molecule has 1 aliphatic heterocycles. The Morgan fingerprint density at radius 1 is 1.50 bits per heavy atom. The molecule has 1 unspecified atom stereocenters. The van der Waals surface area contributed by atoms with E-state index in [1.54, 1.807) is 0 Å². The third kappa shape index (κ3) is 1.11. The maximum absolute atomic E-state index is 11.9. The Balaban J connectivity index is 2.67. The van der Waals surface area contributed by atoms with Gasteiger partial charge in [-0.15, -0.1) is 0 Å². The smallest absolute Gasteiger partial charge is 0.340 e. The average molecular weight is 155 g/mol. The molecule has 10 heavy (non-hydrogen) atoms. The van der Waals surface area contributed by atoms with Crippen LogP contribution in [-0.2, 0) is 9.47 Å². The van der Waals surface area contributed by atoms with E-state index >= 15 is 0 Å². The molecule has 1 rings (SSSR count). The minimum atomic E-state index is -4.46. The Morgan fingerprint density at radius 2 is 2.10 bits per heavy atom. The molecule has 1 atom stereocenters. The van der Waals surface area contributed by atoms with E-state index in [4.69, 9.17) is 0 Å². The molecule has 5 heteroatoms. The molecule has 1 fully saturated rings. The molecule has 0 N–H and O–H groups in total. The molecule has 1 aliphatic rings. The van der Waals surface area contributed by atoms with Crippen molar-refractivity contribution < 1.29 is 22.6 Å². The fraction of sp³-hybridized carbons (Fsp3) is 0.800. The molecule has 59 valence electrons. The minimum absolute atomic E-state index is 0.115. The topological polar surface area (TPSA) is 18.5 Å². The van der Waals surface area contributed by atoms with Crippen LogP contribution >= 0.6 is 0 Å². The van der Waals surface area contributed by atoms with Gasteiger partial charge in [-0.1, -0.05) is 0 Å². The maximum atomic E-state index is 11.9. The third-order valence-corrected chi connectivity index (χ3v) is 1.25. The van der Waals surface area contributed by atoms with Crippen LogP contribution in [0.3, 0.4) is 0 Å². The molecular weight excluding hydrogens is 149 g/mol. The summed E-state index contributed by atoms with van der Waals surface area (Å²) >= 11 is 0. The van der Waals surface area contributed by atoms with Crippen molar-refractivity contribution in [3.05, 3.63) is 6.61 Å². The number of ether oxygens (including phenoxy) is 2. The van der Waals surface area contributed by atoms with Gasteiger partial charge in [0.2, 0.25) is 0 Å². The van der Waals surface area contributed by atoms with Gasteiger partial charge in [-0.2, -0.15) is 13.2 Å². The summed E-state index contributed by atoms with van der Waals surface area (Å²) in [6, 6.07) is 0. The summed E-state index contributed by atoms with van der Waals surface area (Å²) in [6.45, 7) is 1.72. The van der Waals surface area contributed by atoms with Gasteiger partial charge in [0.1, 0.15) is 6.61 Å². The van der Waals surface area contributed by atoms with Gasteiger partial charge in [0, 0.05) is 0 Å². The third-order valence-electron chi connectivity index (χ3n) is 1.25. The molecule has 0 aliphatic carbocycles. The summed E-state index contributed by atoms with van der Waals surface area (Å²) in [4.78, 5) is 0. The molecule has 0 saturated carbocycles. The molecular formula is C5H6F3O2. The van der Waals surface area contributed by atoms with Gasteiger partial charge in [0.25, 0.3) is 5.79 Å². The lowest BCUT2D eigenvalue weighted by atomic mass is 10.3. The predicted molar refractivity (Wildman–Crippen MR) is 25.8 cm³/mol. The fourth-order valence-corrected chi connectivity index (χ4v) is 0.569. The SMILES string of the molecule is CC1(C(F)(F)F)O[CH]CO1. The summed E-state index contributed by atoms with van der Waals surface area (Å²) in [5.41, 5.74) is 0. The van der Waals surface area contributed by atoms with Crippen LogP contribution in [0.2, 0.25) is 0 Å². The van der Waals surface area contributed by atoms with Crippen LogP contribution in [0.15, 0.2) is 0 Å². The van der Waals surface area contributed by atoms with E-state index in [1.165, 1.54) is 0 Å². The number of alkyl halides is 3. The standard InChI is InChI=1S/C5H6F3O2/c1-4(5(6,7)8)9-2-3-10-4/h2H,3H2,1H3. The molecule has 0 bridgehead atoms. The molecule has 1 heterocycles. The van der Waals surface area contributed by atoms with Gasteiger partial charge in [-0.25, -0.2) is 0 Å². The van der Waals surface area contributed by atoms with Crippen molar-refractivity contribution in [1.82, 2.24) is 0 Å². The van der Waals surface area contributed by atoms with Gasteiger partial charge in [-0.3, -0.25) is 0 Å². The van der Waals surface area contributed by atoms with Crippen LogP contribution in [-0.4, -0.2) is 18.6 Å². The lowest BCUT2D eigenvalue weighted by Crippen LogP contribution is -2.42. The highest BCUT2D eigenvalue weighted by Gasteiger charge is 2.56. The highest BCUT2D eigenvalue weighted by molar-refractivity contribution is 4.80. The van der Waals surface area contributed by atoms with Gasteiger partial charge in [-0.05, 0) is 6.92 Å². The van der Waals surface area contributed by atoms with Crippen LogP contribution in [0.5, 0.6) is 0 Å². The Hall–Kier alpha value is -0.290. The van der Waals surface area contributed by atoms with E-state index < -0.39 is 12.0 Å². The highest BCUT2D eigenvalue weighted by atomic mass is 19.4. The Morgan fingerprint density at radius 3 is 2.30 bits per heavy atom. The van der Waals surface area contributed by atoms with E-state index in [2.05, 4.69) is 9.47 Å². The summed E-state index contributed by atoms with van der Waals surface area (Å²) in [5.74, 6) is -2.42. The zero-order chi connectivity index (χ0) is 7.83. The van der Waals surface area contributed by atoms with Crippen LogP contribution in [0, 0.1) is 6.61 Å². The van der Waals surface area contributed by atoms with Crippen molar-refractivity contribution in [2.75, 3.05) is 6.61 Å². The molecule has 0 aromatic rings. The minimum Gasteiger partial charge on any atom is -0.340 e. The average Bonchev–Trinajstić information content (AvgIpc) is 2.13. The van der Waals surface area contributed by atoms with E-state index in [-0.39, 0.29) is 6.61 Å². The van der Waals surface area contributed by atoms with Crippen molar-refractivity contribution in [2.24, 2.45) is 0 Å². The Kier molecular flexibility index (Phi) is 1.64. The first kappa shape index (κ1) is 7.81. The van der Waals surface area contributed by atoms with E-state index in [1.807, 2.05) is 0 Å². The molecule has 0 aromatic heterocycles. The van der Waals surface area contributed by atoms with Gasteiger partial charge in [0.15, 0.2) is 0 Å². The molecule has 0 aromatic carbocycles. The first-order chi connectivity index (χ1) is 4.46. The fourth-order valence-electron chi connectivity index (χ4n) is 0.569. The molecule has 1 radical (unpaired) electrons. The van der Waals surface area contributed by atoms with Crippen molar-refractivity contribution in [3.8, 4) is 0 Å². The summed E-state index contributed by atoms with van der Waals surface area (Å²) in [5, 5.41) is 0. The number of hydrogen-bond acceptors (Lipinski definition) is 2. The van der Waals surface area contributed by atoms with Crippen LogP contribution in [0.25, 0.3) is 0 Å². The molecule has 1 saturated heterocycles. The first-order valence-corrected chi connectivity index (χ1v) is 2.66. The predicted octanol–water partition coefficient (Wildman–Crippen LogP) is 1.47. The largest absolute Gasteiger partial charge is 0.442 e. The van der Waals surface area contributed by atoms with Gasteiger partial charge >= 0.3 is 6.18 Å². The first-order valence-electron chi connectivity index (χ1n) is 2.66. The Bertz CT molecular complexity index is 125. The second-order valence-corrected chi connectivity index (χ2v) is 2.04. The van der Waals surface area contributed by atoms with Crippen LogP contribution < -0.4 is 0 Å². The van der Waals surface area contributed by atoms with E-state index in [9.17, 15) is 13.2 Å². The second kappa shape index (κ2) is 2.10. The van der Waals surface area contributed by atoms with Crippen molar-refractivity contribution in [3.63, 3.8) is 0 Å². The Labute approximate surface area is 55.9 Å². The summed E-state index contributed by atoms with van der Waals surface area (Å²) in [6.07, 6.45) is -4.46. The second-order valence-electron chi connectivity index (χ2n) is 2.04. The molecule has 0 spiro atoms. The lowest BCUT2D eigenvalue weighted by molar-refractivity contribution is -0.331. The molecule has 2 nitrogen and oxygen atoms in total. The maximum Gasteiger partial charge on any atom is 0.442 e. The van der Waals surface area contributed by atoms with E-state index in [0.29, 0.717) is 0 Å². The number of hydrogen-bond donors (Lipinski definition) is 0. The van der Waals surface area contributed by atoms with Gasteiger partial charge < -0.3 is 9.47 Å². The van der Waals surface area contributed by atoms with E-state index in [0.717, 1.165) is 13.5 Å². The van der Waals surface area contributed by atoms with Crippen LogP contribution in [0.1, 0.15) is 6.92 Å². The summed E-state index contributed by atoms with van der Waals surface area (Å²) < 4.78 is 44.2. The number of halogens is 3. The van der Waals surface area contributed by atoms with Gasteiger partial charge in [0.05, 0.1) is 6.61 Å². The normalized spacial score (nSPS) is 25.2. The van der Waals surface area contributed by atoms with Crippen molar-refractivity contribution in [2.45, 2.75) is 18.9 Å². The quantitative estimate of drug-likeness (QED) is 0.527. The van der Waals surface area contributed by atoms with Crippen molar-refractivity contribution >= 4 is 0 Å². The lowest BCUT2D eigenvalue weighted by Gasteiger charge is -2.24. The molecule has 0 amide bonds. The van der Waals surface area contributed by atoms with Crippen LogP contribution in [0.4, 0.5) is 13.2 Å². The highest BCUT2D eigenvalue weighted by Crippen LogP contribution is 2.37. The number of rotatable bonds is 0. The monoisotopic (exact) mass is 155 g/mol. The summed E-state index contributed by atoms with van der Waals surface area (Å²) in [7, 11) is 0. The zero-order valence-electron chi connectivity index (χ0n) is 5.23. The van der Waals surface area contributed by atoms with Crippen molar-refractivity contribution in [1.29, 1.82) is 0 Å². The zero-order valence-corrected chi connectivity index (χ0v) is 5.23.